The number of hydrogen-bond donors (Lipinski definition) is 1. The zero-order valence-corrected chi connectivity index (χ0v) is 12.1. The summed E-state index contributed by atoms with van der Waals surface area (Å²) in [5.74, 6) is 2.06. The van der Waals surface area contributed by atoms with Crippen LogP contribution in [0.4, 0.5) is 0 Å². The number of nitrogens with one attached hydrogen (secondary N) is 1. The van der Waals surface area contributed by atoms with Gasteiger partial charge in [0.2, 0.25) is 5.91 Å². The molecule has 0 spiro atoms. The second kappa shape index (κ2) is 6.95. The third-order valence-corrected chi connectivity index (χ3v) is 3.41. The standard InChI is InChI=1S/C13H15N3O3S/c1-18-10-5-9(6-11(7-10)19-2)8-14-16-13-15-12(17)3-4-20-13/h5-8H,3-4H2,1-2H3,(H,15,16,17)/b14-8+. The zero-order valence-electron chi connectivity index (χ0n) is 11.3. The van der Waals surface area contributed by atoms with Crippen LogP contribution in [-0.4, -0.2) is 37.3 Å². The van der Waals surface area contributed by atoms with Crippen molar-refractivity contribution in [3.05, 3.63) is 23.8 Å². The summed E-state index contributed by atoms with van der Waals surface area (Å²) in [6, 6.07) is 5.41. The first kappa shape index (κ1) is 14.4. The highest BCUT2D eigenvalue weighted by atomic mass is 32.2. The average Bonchev–Trinajstić information content (AvgIpc) is 2.47. The van der Waals surface area contributed by atoms with E-state index in [0.29, 0.717) is 23.1 Å². The first-order chi connectivity index (χ1) is 9.71. The maximum Gasteiger partial charge on any atom is 0.226 e. The minimum Gasteiger partial charge on any atom is -0.497 e. The van der Waals surface area contributed by atoms with Crippen LogP contribution in [0.25, 0.3) is 0 Å². The Hall–Kier alpha value is -2.02. The smallest absolute Gasteiger partial charge is 0.226 e. The number of hydrogen-bond acceptors (Lipinski definition) is 6. The summed E-state index contributed by atoms with van der Waals surface area (Å²) in [6.45, 7) is 0. The molecule has 1 aliphatic heterocycles. The molecule has 7 heteroatoms. The molecule has 20 heavy (non-hydrogen) atoms. The van der Waals surface area contributed by atoms with E-state index in [1.807, 2.05) is 12.1 Å². The summed E-state index contributed by atoms with van der Waals surface area (Å²) in [6.07, 6.45) is 2.10. The minimum atomic E-state index is -0.0271. The van der Waals surface area contributed by atoms with Crippen LogP contribution < -0.4 is 14.8 Å². The lowest BCUT2D eigenvalue weighted by atomic mass is 10.2. The molecule has 106 valence electrons. The van der Waals surface area contributed by atoms with Crippen LogP contribution in [-0.2, 0) is 4.79 Å². The normalized spacial score (nSPS) is 17.3. The Morgan fingerprint density at radius 1 is 1.25 bits per heavy atom. The van der Waals surface area contributed by atoms with Gasteiger partial charge in [0.1, 0.15) is 11.5 Å². The number of thioether (sulfide) groups is 1. The van der Waals surface area contributed by atoms with Gasteiger partial charge in [-0.05, 0) is 12.1 Å². The van der Waals surface area contributed by atoms with Gasteiger partial charge < -0.3 is 14.8 Å². The summed E-state index contributed by atoms with van der Waals surface area (Å²) in [4.78, 5) is 11.2. The average molecular weight is 293 g/mol. The van der Waals surface area contributed by atoms with Crippen LogP contribution in [0.1, 0.15) is 12.0 Å². The molecular weight excluding hydrogens is 278 g/mol. The second-order valence-electron chi connectivity index (χ2n) is 3.94. The molecule has 1 aliphatic rings. The lowest BCUT2D eigenvalue weighted by molar-refractivity contribution is -0.119. The maximum absolute atomic E-state index is 11.2. The molecular formula is C13H15N3O3S. The van der Waals surface area contributed by atoms with E-state index in [0.717, 1.165) is 11.3 Å². The van der Waals surface area contributed by atoms with Gasteiger partial charge in [-0.2, -0.15) is 5.10 Å². The van der Waals surface area contributed by atoms with Crippen LogP contribution in [0.2, 0.25) is 0 Å². The van der Waals surface area contributed by atoms with Crippen LogP contribution in [0.3, 0.4) is 0 Å². The fourth-order valence-electron chi connectivity index (χ4n) is 1.56. The summed E-state index contributed by atoms with van der Waals surface area (Å²) in [7, 11) is 3.17. The molecule has 1 amide bonds. The molecule has 1 fully saturated rings. The molecule has 0 aromatic heterocycles. The third kappa shape index (κ3) is 3.99. The van der Waals surface area contributed by atoms with Crippen molar-refractivity contribution in [3.63, 3.8) is 0 Å². The van der Waals surface area contributed by atoms with Crippen LogP contribution in [0.5, 0.6) is 11.5 Å². The van der Waals surface area contributed by atoms with E-state index in [4.69, 9.17) is 9.47 Å². The molecule has 0 saturated carbocycles. The summed E-state index contributed by atoms with van der Waals surface area (Å²) >= 11 is 1.47. The monoisotopic (exact) mass is 293 g/mol. The molecule has 0 atom stereocenters. The Kier molecular flexibility index (Phi) is 5.00. The number of benzene rings is 1. The topological polar surface area (TPSA) is 72.3 Å². The number of nitrogens with zero attached hydrogens (tertiary/aromatic N) is 2. The van der Waals surface area contributed by atoms with Crippen molar-refractivity contribution in [2.75, 3.05) is 20.0 Å². The van der Waals surface area contributed by atoms with E-state index >= 15 is 0 Å². The molecule has 1 aromatic carbocycles. The number of amides is 1. The molecule has 1 N–H and O–H groups in total. The van der Waals surface area contributed by atoms with E-state index in [1.165, 1.54) is 11.8 Å². The van der Waals surface area contributed by atoms with Crippen molar-refractivity contribution < 1.29 is 14.3 Å². The predicted octanol–water partition coefficient (Wildman–Crippen LogP) is 1.65. The Morgan fingerprint density at radius 3 is 2.55 bits per heavy atom. The van der Waals surface area contributed by atoms with Crippen molar-refractivity contribution in [2.45, 2.75) is 6.42 Å². The van der Waals surface area contributed by atoms with Gasteiger partial charge in [-0.3, -0.25) is 4.79 Å². The van der Waals surface area contributed by atoms with Crippen molar-refractivity contribution in [1.82, 2.24) is 5.32 Å². The molecule has 6 nitrogen and oxygen atoms in total. The third-order valence-electron chi connectivity index (χ3n) is 2.54. The number of carbonyl (C=O) groups is 1. The van der Waals surface area contributed by atoms with Gasteiger partial charge in [-0.1, -0.05) is 11.8 Å². The van der Waals surface area contributed by atoms with E-state index < -0.39 is 0 Å². The zero-order chi connectivity index (χ0) is 14.4. The highest BCUT2D eigenvalue weighted by Gasteiger charge is 2.13. The van der Waals surface area contributed by atoms with E-state index in [1.54, 1.807) is 26.5 Å². The fourth-order valence-corrected chi connectivity index (χ4v) is 2.34. The lowest BCUT2D eigenvalue weighted by Crippen LogP contribution is -2.32. The van der Waals surface area contributed by atoms with Gasteiger partial charge in [0.15, 0.2) is 5.17 Å². The number of carbonyl (C=O) groups excluding carboxylic acids is 1. The van der Waals surface area contributed by atoms with Crippen LogP contribution in [0, 0.1) is 0 Å². The number of methoxy groups -OCH3 is 2. The largest absolute Gasteiger partial charge is 0.497 e. The molecule has 2 rings (SSSR count). The summed E-state index contributed by atoms with van der Waals surface area (Å²) in [5, 5.41) is 11.1. The lowest BCUT2D eigenvalue weighted by Gasteiger charge is -2.11. The van der Waals surface area contributed by atoms with Crippen LogP contribution in [0.15, 0.2) is 28.4 Å². The molecule has 0 bridgehead atoms. The van der Waals surface area contributed by atoms with Gasteiger partial charge in [0, 0.05) is 23.8 Å². The van der Waals surface area contributed by atoms with Crippen molar-refractivity contribution in [2.24, 2.45) is 10.2 Å². The molecule has 1 saturated heterocycles. The minimum absolute atomic E-state index is 0.0271. The Bertz CT molecular complexity index is 536. The SMILES string of the molecule is COc1cc(/C=N/N=C2/NC(=O)CCS2)cc(OC)c1. The molecule has 0 unspecified atom stereocenters. The Morgan fingerprint density at radius 2 is 1.95 bits per heavy atom. The predicted molar refractivity (Wildman–Crippen MR) is 79.8 cm³/mol. The summed E-state index contributed by atoms with van der Waals surface area (Å²) < 4.78 is 10.3. The highest BCUT2D eigenvalue weighted by molar-refractivity contribution is 8.14. The van der Waals surface area contributed by atoms with Crippen LogP contribution >= 0.6 is 11.8 Å². The summed E-state index contributed by atoms with van der Waals surface area (Å²) in [5.41, 5.74) is 0.803. The second-order valence-corrected chi connectivity index (χ2v) is 5.03. The first-order valence-corrected chi connectivity index (χ1v) is 6.96. The molecule has 0 radical (unpaired) electrons. The van der Waals surface area contributed by atoms with Gasteiger partial charge >= 0.3 is 0 Å². The van der Waals surface area contributed by atoms with Gasteiger partial charge in [-0.15, -0.1) is 5.10 Å². The van der Waals surface area contributed by atoms with Gasteiger partial charge in [0.05, 0.1) is 20.4 Å². The fraction of sp³-hybridized carbons (Fsp3) is 0.308. The Balaban J connectivity index is 2.10. The highest BCUT2D eigenvalue weighted by Crippen LogP contribution is 2.21. The quantitative estimate of drug-likeness (QED) is 0.676. The van der Waals surface area contributed by atoms with Crippen molar-refractivity contribution in [1.29, 1.82) is 0 Å². The number of amidine groups is 1. The Labute approximate surface area is 121 Å². The number of rotatable bonds is 4. The number of ether oxygens (including phenoxy) is 2. The molecule has 1 heterocycles. The molecule has 0 aliphatic carbocycles. The van der Waals surface area contributed by atoms with Crippen molar-refractivity contribution >= 4 is 29.1 Å². The first-order valence-electron chi connectivity index (χ1n) is 5.98. The van der Waals surface area contributed by atoms with E-state index in [2.05, 4.69) is 15.5 Å². The van der Waals surface area contributed by atoms with E-state index in [9.17, 15) is 4.79 Å². The van der Waals surface area contributed by atoms with Crippen molar-refractivity contribution in [3.8, 4) is 11.5 Å². The maximum atomic E-state index is 11.2. The molecule has 1 aromatic rings. The van der Waals surface area contributed by atoms with Gasteiger partial charge in [-0.25, -0.2) is 0 Å². The van der Waals surface area contributed by atoms with Gasteiger partial charge in [0.25, 0.3) is 0 Å². The van der Waals surface area contributed by atoms with E-state index in [-0.39, 0.29) is 5.91 Å².